The number of nitrogens with one attached hydrogen (secondary N) is 1. The van der Waals surface area contributed by atoms with Gasteiger partial charge < -0.3 is 14.8 Å². The van der Waals surface area contributed by atoms with Gasteiger partial charge in [-0.3, -0.25) is 9.10 Å². The van der Waals surface area contributed by atoms with E-state index in [1.807, 2.05) is 38.1 Å². The molecule has 3 aromatic rings. The molecule has 0 aliphatic rings. The molecule has 1 unspecified atom stereocenters. The average Bonchev–Trinajstić information content (AvgIpc) is 2.78. The normalized spacial score (nSPS) is 12.0. The number of hydrogen-bond donors (Lipinski definition) is 1. The van der Waals surface area contributed by atoms with Crippen LogP contribution >= 0.6 is 0 Å². The topological polar surface area (TPSA) is 84.9 Å². The van der Waals surface area contributed by atoms with E-state index in [9.17, 15) is 13.2 Å². The van der Waals surface area contributed by atoms with Crippen molar-refractivity contribution in [1.29, 1.82) is 0 Å². The van der Waals surface area contributed by atoms with Crippen molar-refractivity contribution in [3.05, 3.63) is 77.9 Å². The van der Waals surface area contributed by atoms with Crippen molar-refractivity contribution < 1.29 is 22.7 Å². The Morgan fingerprint density at radius 1 is 0.939 bits per heavy atom. The van der Waals surface area contributed by atoms with E-state index in [0.29, 0.717) is 22.9 Å². The summed E-state index contributed by atoms with van der Waals surface area (Å²) in [5, 5.41) is 2.65. The molecule has 3 rings (SSSR count). The summed E-state index contributed by atoms with van der Waals surface area (Å²) in [4.78, 5) is 11.4. The van der Waals surface area contributed by atoms with E-state index in [-0.39, 0.29) is 10.8 Å². The molecule has 0 saturated heterocycles. The van der Waals surface area contributed by atoms with Gasteiger partial charge in [-0.05, 0) is 43.7 Å². The number of nitrogens with zero attached hydrogens (tertiary/aromatic N) is 1. The van der Waals surface area contributed by atoms with E-state index in [1.165, 1.54) is 37.6 Å². The molecule has 0 aliphatic carbocycles. The van der Waals surface area contributed by atoms with E-state index in [1.54, 1.807) is 30.3 Å². The molecule has 7 nitrogen and oxygen atoms in total. The number of benzene rings is 3. The van der Waals surface area contributed by atoms with Crippen molar-refractivity contribution in [3.8, 4) is 11.5 Å². The second kappa shape index (κ2) is 9.95. The lowest BCUT2D eigenvalue weighted by atomic mass is 10.1. The maximum absolute atomic E-state index is 13.9. The lowest BCUT2D eigenvalue weighted by molar-refractivity contribution is -0.114. The first-order chi connectivity index (χ1) is 15.6. The number of ether oxygens (including phenoxy) is 2. The highest BCUT2D eigenvalue weighted by Gasteiger charge is 2.31. The van der Waals surface area contributed by atoms with E-state index in [2.05, 4.69) is 5.32 Å². The number of anilines is 2. The fourth-order valence-electron chi connectivity index (χ4n) is 3.58. The zero-order valence-corrected chi connectivity index (χ0v) is 20.1. The first kappa shape index (κ1) is 24.1. The number of carbonyl (C=O) groups excluding carboxylic acids is 1. The Morgan fingerprint density at radius 2 is 1.55 bits per heavy atom. The first-order valence-corrected chi connectivity index (χ1v) is 11.8. The van der Waals surface area contributed by atoms with Gasteiger partial charge >= 0.3 is 0 Å². The van der Waals surface area contributed by atoms with Crippen LogP contribution in [0, 0.1) is 6.92 Å². The van der Waals surface area contributed by atoms with Gasteiger partial charge in [-0.2, -0.15) is 0 Å². The number of methoxy groups -OCH3 is 2. The number of sulfonamides is 1. The van der Waals surface area contributed by atoms with Gasteiger partial charge in [0.05, 0.1) is 30.8 Å². The standard InChI is InChI=1S/C25H28N2O5S/c1-17-7-6-8-20(13-17)18(2)27(22-14-23(31-4)16-24(15-22)32-5)33(29,30)25-11-9-21(10-12-25)26-19(3)28/h6-16,18H,1-5H3,(H,26,28). The lowest BCUT2D eigenvalue weighted by Gasteiger charge is -2.31. The maximum Gasteiger partial charge on any atom is 0.264 e. The molecular weight excluding hydrogens is 440 g/mol. The fourth-order valence-corrected chi connectivity index (χ4v) is 5.21. The van der Waals surface area contributed by atoms with E-state index < -0.39 is 16.1 Å². The Morgan fingerprint density at radius 3 is 2.06 bits per heavy atom. The van der Waals surface area contributed by atoms with Gasteiger partial charge in [0.15, 0.2) is 0 Å². The van der Waals surface area contributed by atoms with Crippen molar-refractivity contribution in [3.63, 3.8) is 0 Å². The predicted octanol–water partition coefficient (Wildman–Crippen LogP) is 4.93. The van der Waals surface area contributed by atoms with Crippen LogP contribution in [0.2, 0.25) is 0 Å². The molecular formula is C25H28N2O5S. The van der Waals surface area contributed by atoms with Gasteiger partial charge in [0, 0.05) is 30.8 Å². The van der Waals surface area contributed by atoms with Gasteiger partial charge in [0.25, 0.3) is 10.0 Å². The molecule has 0 aliphatic heterocycles. The minimum Gasteiger partial charge on any atom is -0.497 e. The Bertz CT molecular complexity index is 1220. The zero-order chi connectivity index (χ0) is 24.2. The average molecular weight is 469 g/mol. The molecule has 174 valence electrons. The highest BCUT2D eigenvalue weighted by Crippen LogP contribution is 2.38. The molecule has 1 amide bonds. The van der Waals surface area contributed by atoms with Crippen molar-refractivity contribution in [2.24, 2.45) is 0 Å². The first-order valence-electron chi connectivity index (χ1n) is 10.4. The molecule has 0 fully saturated rings. The van der Waals surface area contributed by atoms with Crippen LogP contribution in [0.4, 0.5) is 11.4 Å². The number of rotatable bonds is 8. The van der Waals surface area contributed by atoms with E-state index in [4.69, 9.17) is 9.47 Å². The van der Waals surface area contributed by atoms with Crippen LogP contribution in [0.1, 0.15) is 31.0 Å². The van der Waals surface area contributed by atoms with Crippen molar-refractivity contribution in [1.82, 2.24) is 0 Å². The summed E-state index contributed by atoms with van der Waals surface area (Å²) in [5.74, 6) is 0.716. The van der Waals surface area contributed by atoms with Crippen LogP contribution in [0.3, 0.4) is 0 Å². The highest BCUT2D eigenvalue weighted by molar-refractivity contribution is 7.92. The monoisotopic (exact) mass is 468 g/mol. The van der Waals surface area contributed by atoms with Crippen LogP contribution in [0.25, 0.3) is 0 Å². The minimum absolute atomic E-state index is 0.0953. The second-order valence-electron chi connectivity index (χ2n) is 7.67. The molecule has 8 heteroatoms. The Labute approximate surface area is 195 Å². The third kappa shape index (κ3) is 5.46. The Kier molecular flexibility index (Phi) is 7.28. The van der Waals surface area contributed by atoms with Gasteiger partial charge in [-0.25, -0.2) is 8.42 Å². The number of carbonyl (C=O) groups is 1. The Hall–Kier alpha value is -3.52. The van der Waals surface area contributed by atoms with Crippen LogP contribution in [-0.4, -0.2) is 28.5 Å². The van der Waals surface area contributed by atoms with Gasteiger partial charge in [-0.1, -0.05) is 29.8 Å². The second-order valence-corrected chi connectivity index (χ2v) is 9.48. The summed E-state index contributed by atoms with van der Waals surface area (Å²) < 4.78 is 40.0. The van der Waals surface area contributed by atoms with E-state index >= 15 is 0 Å². The quantitative estimate of drug-likeness (QED) is 0.507. The Balaban J connectivity index is 2.17. The fraction of sp³-hybridized carbons (Fsp3) is 0.240. The van der Waals surface area contributed by atoms with Crippen LogP contribution in [0.15, 0.2) is 71.6 Å². The number of amides is 1. The summed E-state index contributed by atoms with van der Waals surface area (Å²) in [6, 6.07) is 18.3. The largest absolute Gasteiger partial charge is 0.497 e. The highest BCUT2D eigenvalue weighted by atomic mass is 32.2. The van der Waals surface area contributed by atoms with Crippen molar-refractivity contribution >= 4 is 27.3 Å². The third-order valence-corrected chi connectivity index (χ3v) is 7.11. The third-order valence-electron chi connectivity index (χ3n) is 5.20. The van der Waals surface area contributed by atoms with Crippen LogP contribution < -0.4 is 19.1 Å². The zero-order valence-electron chi connectivity index (χ0n) is 19.3. The molecule has 1 atom stereocenters. The van der Waals surface area contributed by atoms with Crippen molar-refractivity contribution in [2.45, 2.75) is 31.7 Å². The number of hydrogen-bond acceptors (Lipinski definition) is 5. The molecule has 3 aromatic carbocycles. The molecule has 0 heterocycles. The lowest BCUT2D eigenvalue weighted by Crippen LogP contribution is -2.33. The SMILES string of the molecule is COc1cc(OC)cc(N(C(C)c2cccc(C)c2)S(=O)(=O)c2ccc(NC(C)=O)cc2)c1. The van der Waals surface area contributed by atoms with Crippen LogP contribution in [-0.2, 0) is 14.8 Å². The van der Waals surface area contributed by atoms with E-state index in [0.717, 1.165) is 11.1 Å². The van der Waals surface area contributed by atoms with Gasteiger partial charge in [0.2, 0.25) is 5.91 Å². The van der Waals surface area contributed by atoms with Gasteiger partial charge in [0.1, 0.15) is 11.5 Å². The van der Waals surface area contributed by atoms with Gasteiger partial charge in [-0.15, -0.1) is 0 Å². The number of aryl methyl sites for hydroxylation is 1. The maximum atomic E-state index is 13.9. The smallest absolute Gasteiger partial charge is 0.264 e. The molecule has 0 bridgehead atoms. The summed E-state index contributed by atoms with van der Waals surface area (Å²) >= 11 is 0. The predicted molar refractivity (Wildman–Crippen MR) is 130 cm³/mol. The molecule has 1 N–H and O–H groups in total. The summed E-state index contributed by atoms with van der Waals surface area (Å²) in [6.07, 6.45) is 0. The van der Waals surface area contributed by atoms with Crippen molar-refractivity contribution in [2.75, 3.05) is 23.8 Å². The summed E-state index contributed by atoms with van der Waals surface area (Å²) in [6.45, 7) is 5.19. The molecule has 0 radical (unpaired) electrons. The molecule has 0 aromatic heterocycles. The summed E-state index contributed by atoms with van der Waals surface area (Å²) in [7, 11) is -0.968. The van der Waals surface area contributed by atoms with Crippen LogP contribution in [0.5, 0.6) is 11.5 Å². The molecule has 0 saturated carbocycles. The molecule has 33 heavy (non-hydrogen) atoms. The molecule has 0 spiro atoms. The minimum atomic E-state index is -4.00. The summed E-state index contributed by atoms with van der Waals surface area (Å²) in [5.41, 5.74) is 2.80.